The lowest BCUT2D eigenvalue weighted by molar-refractivity contribution is 0.525. The Labute approximate surface area is 123 Å². The van der Waals surface area contributed by atoms with Gasteiger partial charge in [0.15, 0.2) is 5.65 Å². The van der Waals surface area contributed by atoms with Crippen LogP contribution in [-0.4, -0.2) is 28.3 Å². The van der Waals surface area contributed by atoms with Crippen LogP contribution in [0.25, 0.3) is 22.2 Å². The Bertz CT molecular complexity index is 784. The first-order chi connectivity index (χ1) is 10.3. The summed E-state index contributed by atoms with van der Waals surface area (Å²) in [5.41, 5.74) is 4.89. The fraction of sp³-hybridized carbons (Fsp3) is 0.294. The van der Waals surface area contributed by atoms with E-state index in [2.05, 4.69) is 57.8 Å². The highest BCUT2D eigenvalue weighted by molar-refractivity contribution is 5.92. The molecule has 0 saturated carbocycles. The molecule has 106 valence electrons. The third-order valence-corrected chi connectivity index (χ3v) is 4.59. The molecule has 1 aliphatic rings. The second-order valence-corrected chi connectivity index (χ2v) is 6.06. The summed E-state index contributed by atoms with van der Waals surface area (Å²) in [4.78, 5) is 4.31. The van der Waals surface area contributed by atoms with Crippen LogP contribution >= 0.6 is 0 Å². The third kappa shape index (κ3) is 2.03. The van der Waals surface area contributed by atoms with Crippen molar-refractivity contribution in [3.63, 3.8) is 0 Å². The highest BCUT2D eigenvalue weighted by atomic mass is 15.1. The van der Waals surface area contributed by atoms with E-state index in [0.29, 0.717) is 0 Å². The molecule has 1 fully saturated rings. The predicted octanol–water partition coefficient (Wildman–Crippen LogP) is 2.88. The molecule has 4 heteroatoms. The van der Waals surface area contributed by atoms with Gasteiger partial charge >= 0.3 is 0 Å². The molecular formula is C17H18N4. The maximum Gasteiger partial charge on any atom is 0.155 e. The van der Waals surface area contributed by atoms with Crippen molar-refractivity contribution in [1.82, 2.24) is 20.5 Å². The fourth-order valence-electron chi connectivity index (χ4n) is 3.23. The lowest BCUT2D eigenvalue weighted by Crippen LogP contribution is -2.24. The summed E-state index contributed by atoms with van der Waals surface area (Å²) in [6.07, 6.45) is 4.87. The van der Waals surface area contributed by atoms with Crippen molar-refractivity contribution < 1.29 is 0 Å². The summed E-state index contributed by atoms with van der Waals surface area (Å²) in [5, 5.41) is 11.6. The Balaban J connectivity index is 1.84. The van der Waals surface area contributed by atoms with Gasteiger partial charge in [-0.2, -0.15) is 5.10 Å². The molecule has 0 radical (unpaired) electrons. The Kier molecular flexibility index (Phi) is 2.79. The van der Waals surface area contributed by atoms with Crippen LogP contribution in [0.5, 0.6) is 0 Å². The van der Waals surface area contributed by atoms with Crippen LogP contribution in [0.2, 0.25) is 0 Å². The van der Waals surface area contributed by atoms with Gasteiger partial charge in [-0.05, 0) is 35.7 Å². The maximum atomic E-state index is 4.31. The Morgan fingerprint density at radius 2 is 2.19 bits per heavy atom. The number of aromatic nitrogens is 3. The number of fused-ring (bicyclic) bond motifs is 1. The van der Waals surface area contributed by atoms with Crippen molar-refractivity contribution in [3.05, 3.63) is 48.3 Å². The van der Waals surface area contributed by atoms with Crippen molar-refractivity contribution in [3.8, 4) is 11.1 Å². The van der Waals surface area contributed by atoms with Crippen LogP contribution in [0.15, 0.2) is 42.7 Å². The van der Waals surface area contributed by atoms with Crippen molar-refractivity contribution in [2.24, 2.45) is 0 Å². The van der Waals surface area contributed by atoms with Gasteiger partial charge in [0.1, 0.15) is 0 Å². The summed E-state index contributed by atoms with van der Waals surface area (Å²) < 4.78 is 0. The smallest absolute Gasteiger partial charge is 0.155 e. The molecule has 0 bridgehead atoms. The van der Waals surface area contributed by atoms with Crippen molar-refractivity contribution in [2.75, 3.05) is 13.1 Å². The van der Waals surface area contributed by atoms with E-state index in [4.69, 9.17) is 0 Å². The maximum absolute atomic E-state index is 4.31. The van der Waals surface area contributed by atoms with E-state index in [1.54, 1.807) is 0 Å². The number of aromatic amines is 1. The van der Waals surface area contributed by atoms with Gasteiger partial charge in [0.25, 0.3) is 0 Å². The lowest BCUT2D eigenvalue weighted by Gasteiger charge is -2.24. The SMILES string of the molecule is CC1(c2cccc(-c3ccnc4[nH]ncc34)c2)CCNC1. The zero-order valence-electron chi connectivity index (χ0n) is 12.1. The van der Waals surface area contributed by atoms with Crippen molar-refractivity contribution in [2.45, 2.75) is 18.8 Å². The normalized spacial score (nSPS) is 22.0. The van der Waals surface area contributed by atoms with Crippen LogP contribution in [0.4, 0.5) is 0 Å². The lowest BCUT2D eigenvalue weighted by atomic mass is 9.81. The van der Waals surface area contributed by atoms with Gasteiger partial charge in [-0.15, -0.1) is 0 Å². The molecule has 4 rings (SSSR count). The van der Waals surface area contributed by atoms with Crippen LogP contribution in [-0.2, 0) is 5.41 Å². The molecular weight excluding hydrogens is 260 g/mol. The van der Waals surface area contributed by atoms with Crippen LogP contribution in [0, 0.1) is 0 Å². The molecule has 1 saturated heterocycles. The Hall–Kier alpha value is -2.20. The number of nitrogens with one attached hydrogen (secondary N) is 2. The zero-order chi connectivity index (χ0) is 14.3. The number of nitrogens with zero attached hydrogens (tertiary/aromatic N) is 2. The minimum Gasteiger partial charge on any atom is -0.316 e. The highest BCUT2D eigenvalue weighted by Gasteiger charge is 2.30. The molecule has 21 heavy (non-hydrogen) atoms. The number of pyridine rings is 1. The van der Waals surface area contributed by atoms with Gasteiger partial charge < -0.3 is 5.32 Å². The molecule has 0 spiro atoms. The Morgan fingerprint density at radius 3 is 3.05 bits per heavy atom. The highest BCUT2D eigenvalue weighted by Crippen LogP contribution is 2.34. The van der Waals surface area contributed by atoms with Crippen LogP contribution in [0.1, 0.15) is 18.9 Å². The zero-order valence-corrected chi connectivity index (χ0v) is 12.1. The van der Waals surface area contributed by atoms with E-state index in [-0.39, 0.29) is 5.41 Å². The number of hydrogen-bond donors (Lipinski definition) is 2. The Morgan fingerprint density at radius 1 is 1.24 bits per heavy atom. The molecule has 1 unspecified atom stereocenters. The second-order valence-electron chi connectivity index (χ2n) is 6.06. The molecule has 1 atom stereocenters. The topological polar surface area (TPSA) is 53.6 Å². The average molecular weight is 278 g/mol. The third-order valence-electron chi connectivity index (χ3n) is 4.59. The van der Waals surface area contributed by atoms with Crippen molar-refractivity contribution >= 4 is 11.0 Å². The number of benzene rings is 1. The van der Waals surface area contributed by atoms with E-state index in [1.165, 1.54) is 23.1 Å². The van der Waals surface area contributed by atoms with E-state index in [0.717, 1.165) is 24.1 Å². The monoisotopic (exact) mass is 278 g/mol. The van der Waals surface area contributed by atoms with Gasteiger partial charge in [-0.3, -0.25) is 5.10 Å². The minimum absolute atomic E-state index is 0.235. The first-order valence-corrected chi connectivity index (χ1v) is 7.36. The summed E-state index contributed by atoms with van der Waals surface area (Å²) in [7, 11) is 0. The number of rotatable bonds is 2. The summed E-state index contributed by atoms with van der Waals surface area (Å²) in [6.45, 7) is 4.49. The minimum atomic E-state index is 0.235. The summed E-state index contributed by atoms with van der Waals surface area (Å²) in [5.74, 6) is 0. The molecule has 4 nitrogen and oxygen atoms in total. The second kappa shape index (κ2) is 4.67. The number of H-pyrrole nitrogens is 1. The van der Waals surface area contributed by atoms with Gasteiger partial charge in [-0.25, -0.2) is 4.98 Å². The van der Waals surface area contributed by atoms with Crippen molar-refractivity contribution in [1.29, 1.82) is 0 Å². The fourth-order valence-corrected chi connectivity index (χ4v) is 3.23. The quantitative estimate of drug-likeness (QED) is 0.758. The average Bonchev–Trinajstić information content (AvgIpc) is 3.16. The first-order valence-electron chi connectivity index (χ1n) is 7.36. The molecule has 3 aromatic rings. The van der Waals surface area contributed by atoms with E-state index in [1.807, 2.05) is 12.4 Å². The van der Waals surface area contributed by atoms with Gasteiger partial charge in [0.05, 0.1) is 6.20 Å². The molecule has 1 aromatic carbocycles. The van der Waals surface area contributed by atoms with Gasteiger partial charge in [-0.1, -0.05) is 31.2 Å². The van der Waals surface area contributed by atoms with Gasteiger partial charge in [0, 0.05) is 23.5 Å². The largest absolute Gasteiger partial charge is 0.316 e. The van der Waals surface area contributed by atoms with Crippen LogP contribution in [0.3, 0.4) is 0 Å². The predicted molar refractivity (Wildman–Crippen MR) is 84.2 cm³/mol. The molecule has 0 amide bonds. The summed E-state index contributed by atoms with van der Waals surface area (Å²) >= 11 is 0. The number of hydrogen-bond acceptors (Lipinski definition) is 3. The molecule has 2 aromatic heterocycles. The van der Waals surface area contributed by atoms with E-state index in [9.17, 15) is 0 Å². The van der Waals surface area contributed by atoms with Gasteiger partial charge in [0.2, 0.25) is 0 Å². The molecule has 3 heterocycles. The van der Waals surface area contributed by atoms with Crippen LogP contribution < -0.4 is 5.32 Å². The van der Waals surface area contributed by atoms with E-state index < -0.39 is 0 Å². The molecule has 1 aliphatic heterocycles. The first kappa shape index (κ1) is 12.5. The molecule has 0 aliphatic carbocycles. The summed E-state index contributed by atoms with van der Waals surface area (Å²) in [6, 6.07) is 10.9. The molecule has 2 N–H and O–H groups in total. The van der Waals surface area contributed by atoms with E-state index >= 15 is 0 Å². The standard InChI is InChI=1S/C17H18N4/c1-17(6-8-18-11-17)13-4-2-3-12(9-13)14-5-7-19-16-15(14)10-20-21-16/h2-5,7,9-10,18H,6,8,11H2,1H3,(H,19,20,21).